The Bertz CT molecular complexity index is 1930. The molecule has 11 N–H and O–H groups in total. The first-order chi connectivity index (χ1) is 22.2. The van der Waals surface area contributed by atoms with Crippen molar-refractivity contribution in [3.05, 3.63) is 74.9 Å². The number of aryl methyl sites for hydroxylation is 1. The zero-order valence-electron chi connectivity index (χ0n) is 25.7. The molecule has 0 saturated carbocycles. The molecule has 4 aromatic rings. The summed E-state index contributed by atoms with van der Waals surface area (Å²) in [4.78, 5) is 89.7. The average molecular weight is 711 g/mol. The predicted octanol–water partition coefficient (Wildman–Crippen LogP) is 2.84. The fourth-order valence-electron chi connectivity index (χ4n) is 4.39. The van der Waals surface area contributed by atoms with E-state index in [0.717, 1.165) is 0 Å². The number of nitrogens with one attached hydrogen (secondary N) is 9. The number of H-pyrrole nitrogens is 4. The third-order valence-electron chi connectivity index (χ3n) is 7.08. The Labute approximate surface area is 275 Å². The highest BCUT2D eigenvalue weighted by Gasteiger charge is 2.23. The van der Waals surface area contributed by atoms with Gasteiger partial charge in [0, 0.05) is 48.2 Å². The minimum absolute atomic E-state index is 0.00794. The van der Waals surface area contributed by atoms with Crippen LogP contribution < -0.4 is 32.3 Å². The third kappa shape index (κ3) is 7.67. The van der Waals surface area contributed by atoms with Gasteiger partial charge >= 0.3 is 0 Å². The molecule has 4 aromatic heterocycles. The van der Waals surface area contributed by atoms with E-state index in [1.807, 2.05) is 0 Å². The number of aromatic nitrogens is 5. The number of aromatic amines is 4. The number of nitrogens with two attached hydrogens (primary N) is 1. The van der Waals surface area contributed by atoms with E-state index in [1.165, 1.54) is 18.6 Å². The fraction of sp³-hybridized carbons (Fsp3) is 0.207. The first-order valence-electron chi connectivity index (χ1n) is 13.9. The van der Waals surface area contributed by atoms with Crippen LogP contribution in [-0.4, -0.2) is 66.9 Å². The molecule has 47 heavy (non-hydrogen) atoms. The molecule has 4 heterocycles. The van der Waals surface area contributed by atoms with Crippen molar-refractivity contribution in [1.82, 2.24) is 30.2 Å². The molecule has 0 saturated heterocycles. The number of carbonyl (C=O) groups is 6. The van der Waals surface area contributed by atoms with E-state index in [9.17, 15) is 28.8 Å². The van der Waals surface area contributed by atoms with Crippen molar-refractivity contribution < 1.29 is 28.8 Å². The van der Waals surface area contributed by atoms with E-state index >= 15 is 0 Å². The van der Waals surface area contributed by atoms with Gasteiger partial charge in [0.05, 0.1) is 27.2 Å². The summed E-state index contributed by atoms with van der Waals surface area (Å²) >= 11 is 2.98. The zero-order valence-corrected chi connectivity index (χ0v) is 27.3. The number of nitrogens with zero attached hydrogens (tertiary/aromatic N) is 1. The highest BCUT2D eigenvalue weighted by Crippen LogP contribution is 2.25. The summed E-state index contributed by atoms with van der Waals surface area (Å²) in [6.07, 6.45) is 4.37. The van der Waals surface area contributed by atoms with Crippen LogP contribution in [0, 0.1) is 27.7 Å². The Kier molecular flexibility index (Phi) is 10.1. The van der Waals surface area contributed by atoms with Gasteiger partial charge in [-0.15, -0.1) is 0 Å². The number of carbonyl (C=O) groups excluding carboxylic acids is 6. The van der Waals surface area contributed by atoms with Gasteiger partial charge in [-0.1, -0.05) is 6.58 Å². The molecule has 0 spiro atoms. The second-order valence-electron chi connectivity index (χ2n) is 10.4. The molecule has 0 aliphatic carbocycles. The average Bonchev–Trinajstić information content (AvgIpc) is 3.76. The second kappa shape index (κ2) is 14.0. The summed E-state index contributed by atoms with van der Waals surface area (Å²) in [6, 6.07) is 0. The van der Waals surface area contributed by atoms with Gasteiger partial charge in [0.15, 0.2) is 11.6 Å². The Morgan fingerprint density at radius 1 is 0.745 bits per heavy atom. The fourth-order valence-corrected chi connectivity index (χ4v) is 4.49. The number of hydrogen-bond donors (Lipinski definition) is 10. The largest absolute Gasteiger partial charge is 0.370 e. The summed E-state index contributed by atoms with van der Waals surface area (Å²) in [5, 5.41) is 13.2. The molecular weight excluding hydrogens is 678 g/mol. The number of imidazole rings is 1. The summed E-state index contributed by atoms with van der Waals surface area (Å²) in [7, 11) is 0. The predicted molar refractivity (Wildman–Crippen MR) is 177 cm³/mol. The molecule has 0 aromatic carbocycles. The molecule has 6 amide bonds. The number of primary amides is 1. The second-order valence-corrected chi connectivity index (χ2v) is 11.3. The molecule has 0 radical (unpaired) electrons. The van der Waals surface area contributed by atoms with Gasteiger partial charge < -0.3 is 52.3 Å². The van der Waals surface area contributed by atoms with Crippen molar-refractivity contribution in [3.63, 3.8) is 0 Å². The number of amides is 6. The number of hydrogen-bond acceptors (Lipinski definition) is 7. The van der Waals surface area contributed by atoms with Crippen LogP contribution in [0.4, 0.5) is 22.9 Å². The summed E-state index contributed by atoms with van der Waals surface area (Å²) < 4.78 is 0.0956. The van der Waals surface area contributed by atoms with Gasteiger partial charge in [-0.05, 0) is 43.6 Å². The first-order valence-corrected chi connectivity index (χ1v) is 14.7. The van der Waals surface area contributed by atoms with Gasteiger partial charge in [0.25, 0.3) is 29.5 Å². The van der Waals surface area contributed by atoms with Gasteiger partial charge in [0.2, 0.25) is 5.91 Å². The van der Waals surface area contributed by atoms with Crippen molar-refractivity contribution in [1.29, 1.82) is 0 Å². The maximum Gasteiger partial charge on any atom is 0.291 e. The topological polar surface area (TPSA) is 265 Å². The number of anilines is 4. The molecule has 0 aliphatic heterocycles. The Morgan fingerprint density at radius 2 is 1.19 bits per heavy atom. The molecule has 17 nitrogen and oxygen atoms in total. The van der Waals surface area contributed by atoms with E-state index in [1.54, 1.807) is 27.7 Å². The van der Waals surface area contributed by atoms with Gasteiger partial charge in [0.1, 0.15) is 17.1 Å². The highest BCUT2D eigenvalue weighted by molar-refractivity contribution is 9.12. The Balaban J connectivity index is 1.39. The molecule has 18 heteroatoms. The van der Waals surface area contributed by atoms with E-state index in [4.69, 9.17) is 5.73 Å². The van der Waals surface area contributed by atoms with Gasteiger partial charge in [-0.2, -0.15) is 0 Å². The van der Waals surface area contributed by atoms with Gasteiger partial charge in [-0.25, -0.2) is 4.98 Å². The van der Waals surface area contributed by atoms with Crippen LogP contribution in [0.3, 0.4) is 0 Å². The van der Waals surface area contributed by atoms with Crippen LogP contribution >= 0.6 is 15.9 Å². The number of halogens is 1. The third-order valence-corrected chi connectivity index (χ3v) is 7.44. The maximum absolute atomic E-state index is 13.1. The van der Waals surface area contributed by atoms with Crippen LogP contribution in [-0.2, 0) is 9.59 Å². The van der Waals surface area contributed by atoms with Crippen molar-refractivity contribution >= 4 is 74.3 Å². The number of rotatable bonds is 12. The lowest BCUT2D eigenvalue weighted by molar-refractivity contribution is -0.118. The van der Waals surface area contributed by atoms with Crippen LogP contribution in [0.15, 0.2) is 29.7 Å². The lowest BCUT2D eigenvalue weighted by Gasteiger charge is -2.07. The quantitative estimate of drug-likeness (QED) is 0.0982. The molecule has 4 rings (SSSR count). The smallest absolute Gasteiger partial charge is 0.291 e. The molecular formula is C29H32BrN11O6. The van der Waals surface area contributed by atoms with Crippen LogP contribution in [0.5, 0.6) is 0 Å². The molecule has 0 atom stereocenters. The highest BCUT2D eigenvalue weighted by atomic mass is 79.9. The van der Waals surface area contributed by atoms with Crippen LogP contribution in [0.2, 0.25) is 0 Å². The zero-order chi connectivity index (χ0) is 34.6. The summed E-state index contributed by atoms with van der Waals surface area (Å²) in [5.41, 5.74) is 8.49. The molecule has 0 aliphatic rings. The normalized spacial score (nSPS) is 10.7. The summed E-state index contributed by atoms with van der Waals surface area (Å²) in [5.74, 6) is -3.06. The minimum atomic E-state index is -0.606. The standard InChI is InChI=1S/C29H32BrN11O6/c1-11-16(8-33-20(11)26(44)32-7-6-19(31)42)37-27(45)21-12(2)17(9-34-21)38-28(46)22-13(3)18(10-35-22)39-29(47)24-36-15(5)23(40-24)41-25(43)14(4)30/h8-10,33-35H,4,6-7H2,1-3,5H3,(H2,31,42)(H,32,44)(H,36,40)(H,37,45)(H,38,46)(H,39,47)(H,41,43). The van der Waals surface area contributed by atoms with E-state index in [-0.39, 0.29) is 46.2 Å². The van der Waals surface area contributed by atoms with Crippen LogP contribution in [0.1, 0.15) is 70.9 Å². The SMILES string of the molecule is C=C(Br)C(=O)Nc1nc(C(=O)Nc2c[nH]c(C(=O)Nc3c[nH]c(C(=O)Nc4c[nH]c(C(=O)NCCC(N)=O)c4C)c3C)c2C)[nH]c1C. The molecule has 246 valence electrons. The molecule has 0 unspecified atom stereocenters. The Morgan fingerprint density at radius 3 is 1.64 bits per heavy atom. The first kappa shape index (κ1) is 34.0. The molecule has 0 bridgehead atoms. The van der Waals surface area contributed by atoms with E-state index < -0.39 is 35.4 Å². The maximum atomic E-state index is 13.1. The van der Waals surface area contributed by atoms with Gasteiger partial charge in [-0.3, -0.25) is 28.8 Å². The van der Waals surface area contributed by atoms with E-state index in [2.05, 4.69) is 74.0 Å². The van der Waals surface area contributed by atoms with E-state index in [0.29, 0.717) is 39.4 Å². The lowest BCUT2D eigenvalue weighted by atomic mass is 10.2. The van der Waals surface area contributed by atoms with Crippen molar-refractivity contribution in [2.75, 3.05) is 27.8 Å². The van der Waals surface area contributed by atoms with Crippen molar-refractivity contribution in [2.24, 2.45) is 5.73 Å². The van der Waals surface area contributed by atoms with Crippen molar-refractivity contribution in [3.8, 4) is 0 Å². The monoisotopic (exact) mass is 709 g/mol. The van der Waals surface area contributed by atoms with Crippen molar-refractivity contribution in [2.45, 2.75) is 34.1 Å². The molecule has 0 fully saturated rings. The lowest BCUT2D eigenvalue weighted by Crippen LogP contribution is -2.28. The van der Waals surface area contributed by atoms with Crippen LogP contribution in [0.25, 0.3) is 0 Å². The Hall–Kier alpha value is -5.91. The minimum Gasteiger partial charge on any atom is -0.370 e. The summed E-state index contributed by atoms with van der Waals surface area (Å²) in [6.45, 7) is 10.1.